The van der Waals surface area contributed by atoms with E-state index in [0.717, 1.165) is 50.8 Å². The van der Waals surface area contributed by atoms with Crippen molar-refractivity contribution in [3.63, 3.8) is 0 Å². The third-order valence-electron chi connectivity index (χ3n) is 5.18. The van der Waals surface area contributed by atoms with Gasteiger partial charge < -0.3 is 14.6 Å². The summed E-state index contributed by atoms with van der Waals surface area (Å²) in [6.07, 6.45) is 3.52. The quantitative estimate of drug-likeness (QED) is 0.893. The predicted octanol–water partition coefficient (Wildman–Crippen LogP) is 0.977. The van der Waals surface area contributed by atoms with Crippen LogP contribution < -0.4 is 5.56 Å². The molecule has 2 atom stereocenters. The second kappa shape index (κ2) is 5.72. The van der Waals surface area contributed by atoms with Crippen molar-refractivity contribution in [3.8, 4) is 0 Å². The lowest BCUT2D eigenvalue weighted by Gasteiger charge is -2.21. The Balaban J connectivity index is 1.77. The van der Waals surface area contributed by atoms with Gasteiger partial charge in [-0.25, -0.2) is 9.50 Å². The minimum atomic E-state index is -0.0948. The van der Waals surface area contributed by atoms with Crippen LogP contribution in [0.1, 0.15) is 43.3 Å². The van der Waals surface area contributed by atoms with Crippen LogP contribution in [-0.4, -0.2) is 57.8 Å². The van der Waals surface area contributed by atoms with E-state index in [4.69, 9.17) is 9.84 Å². The van der Waals surface area contributed by atoms with Crippen molar-refractivity contribution in [2.24, 2.45) is 5.92 Å². The highest BCUT2D eigenvalue weighted by Gasteiger charge is 2.31. The number of nitrogens with zero attached hydrogens (tertiary/aromatic N) is 4. The number of likely N-dealkylation sites (N-methyl/N-ethyl adjacent to an activating group) is 1. The SMILES string of the molecule is CC1CN(C)CC1c1nn2c(C3CCOCC3)ncc2c(=O)[nH]1. The van der Waals surface area contributed by atoms with E-state index in [9.17, 15) is 4.79 Å². The highest BCUT2D eigenvalue weighted by molar-refractivity contribution is 5.42. The second-order valence-corrected chi connectivity index (χ2v) is 6.94. The normalized spacial score (nSPS) is 27.0. The zero-order valence-electron chi connectivity index (χ0n) is 13.7. The predicted molar refractivity (Wildman–Crippen MR) is 85.8 cm³/mol. The molecule has 4 heterocycles. The van der Waals surface area contributed by atoms with Crippen molar-refractivity contribution in [1.82, 2.24) is 24.5 Å². The lowest BCUT2D eigenvalue weighted by atomic mass is 9.97. The molecule has 0 bridgehead atoms. The van der Waals surface area contributed by atoms with Gasteiger partial charge in [-0.05, 0) is 25.8 Å². The first kappa shape index (κ1) is 14.8. The Hall–Kier alpha value is -1.73. The molecule has 4 rings (SSSR count). The Labute approximate surface area is 134 Å². The number of aromatic nitrogens is 4. The first-order valence-electron chi connectivity index (χ1n) is 8.37. The highest BCUT2D eigenvalue weighted by atomic mass is 16.5. The van der Waals surface area contributed by atoms with Gasteiger partial charge in [-0.15, -0.1) is 0 Å². The van der Waals surface area contributed by atoms with Crippen molar-refractivity contribution in [2.45, 2.75) is 31.6 Å². The molecule has 0 saturated carbocycles. The average molecular weight is 317 g/mol. The monoisotopic (exact) mass is 317 g/mol. The van der Waals surface area contributed by atoms with Crippen LogP contribution >= 0.6 is 0 Å². The van der Waals surface area contributed by atoms with Gasteiger partial charge in [0, 0.05) is 38.1 Å². The Morgan fingerprint density at radius 1 is 1.30 bits per heavy atom. The molecule has 2 fully saturated rings. The first-order valence-corrected chi connectivity index (χ1v) is 8.37. The van der Waals surface area contributed by atoms with Crippen LogP contribution in [0.15, 0.2) is 11.0 Å². The van der Waals surface area contributed by atoms with Gasteiger partial charge in [0.1, 0.15) is 11.6 Å². The van der Waals surface area contributed by atoms with Crippen molar-refractivity contribution >= 4 is 5.52 Å². The van der Waals surface area contributed by atoms with E-state index >= 15 is 0 Å². The average Bonchev–Trinajstić information content (AvgIpc) is 3.11. The molecule has 2 aromatic heterocycles. The maximum absolute atomic E-state index is 12.4. The molecule has 2 aliphatic rings. The number of imidazole rings is 1. The van der Waals surface area contributed by atoms with Gasteiger partial charge in [0.15, 0.2) is 5.52 Å². The molecule has 23 heavy (non-hydrogen) atoms. The molecular weight excluding hydrogens is 294 g/mol. The van der Waals surface area contributed by atoms with Gasteiger partial charge in [0.2, 0.25) is 0 Å². The summed E-state index contributed by atoms with van der Waals surface area (Å²) in [5.41, 5.74) is 0.441. The zero-order valence-corrected chi connectivity index (χ0v) is 13.7. The van der Waals surface area contributed by atoms with Crippen LogP contribution in [-0.2, 0) is 4.74 Å². The van der Waals surface area contributed by atoms with Crippen LogP contribution in [0, 0.1) is 5.92 Å². The summed E-state index contributed by atoms with van der Waals surface area (Å²) >= 11 is 0. The fourth-order valence-electron chi connectivity index (χ4n) is 3.90. The molecule has 0 radical (unpaired) electrons. The van der Waals surface area contributed by atoms with E-state index in [1.807, 2.05) is 0 Å². The molecule has 7 heteroatoms. The van der Waals surface area contributed by atoms with Gasteiger partial charge in [0.25, 0.3) is 5.56 Å². The number of hydrogen-bond donors (Lipinski definition) is 1. The van der Waals surface area contributed by atoms with Gasteiger partial charge in [-0.2, -0.15) is 5.10 Å². The molecule has 2 aliphatic heterocycles. The molecule has 0 aromatic carbocycles. The minimum Gasteiger partial charge on any atom is -0.381 e. The maximum Gasteiger partial charge on any atom is 0.276 e. The lowest BCUT2D eigenvalue weighted by molar-refractivity contribution is 0.0832. The van der Waals surface area contributed by atoms with E-state index in [2.05, 4.69) is 28.8 Å². The van der Waals surface area contributed by atoms with Crippen LogP contribution in [0.3, 0.4) is 0 Å². The van der Waals surface area contributed by atoms with Crippen LogP contribution in [0.2, 0.25) is 0 Å². The first-order chi connectivity index (χ1) is 11.1. The van der Waals surface area contributed by atoms with E-state index in [1.54, 1.807) is 10.7 Å². The number of rotatable bonds is 2. The van der Waals surface area contributed by atoms with E-state index in [1.165, 1.54) is 0 Å². The van der Waals surface area contributed by atoms with Crippen LogP contribution in [0.25, 0.3) is 5.52 Å². The fourth-order valence-corrected chi connectivity index (χ4v) is 3.90. The Bertz CT molecular complexity index is 761. The Kier molecular flexibility index (Phi) is 3.69. The summed E-state index contributed by atoms with van der Waals surface area (Å²) in [6.45, 7) is 5.67. The Morgan fingerprint density at radius 3 is 2.78 bits per heavy atom. The molecule has 2 saturated heterocycles. The minimum absolute atomic E-state index is 0.0948. The molecule has 2 aromatic rings. The molecular formula is C16H23N5O2. The summed E-state index contributed by atoms with van der Waals surface area (Å²) in [4.78, 5) is 22.2. The summed E-state index contributed by atoms with van der Waals surface area (Å²) in [5.74, 6) is 2.75. The Morgan fingerprint density at radius 2 is 2.09 bits per heavy atom. The summed E-state index contributed by atoms with van der Waals surface area (Å²) in [5, 5.41) is 4.77. The number of hydrogen-bond acceptors (Lipinski definition) is 5. The molecule has 0 spiro atoms. The van der Waals surface area contributed by atoms with Gasteiger partial charge in [-0.1, -0.05) is 6.92 Å². The van der Waals surface area contributed by atoms with Crippen molar-refractivity contribution in [2.75, 3.05) is 33.4 Å². The van der Waals surface area contributed by atoms with Crippen molar-refractivity contribution in [3.05, 3.63) is 28.2 Å². The number of H-pyrrole nitrogens is 1. The van der Waals surface area contributed by atoms with Crippen LogP contribution in [0.5, 0.6) is 0 Å². The fraction of sp³-hybridized carbons (Fsp3) is 0.688. The van der Waals surface area contributed by atoms with Gasteiger partial charge >= 0.3 is 0 Å². The number of likely N-dealkylation sites (tertiary alicyclic amines) is 1. The topological polar surface area (TPSA) is 75.5 Å². The van der Waals surface area contributed by atoms with E-state index in [0.29, 0.717) is 17.4 Å². The summed E-state index contributed by atoms with van der Waals surface area (Å²) in [6, 6.07) is 0. The molecule has 1 N–H and O–H groups in total. The lowest BCUT2D eigenvalue weighted by Crippen LogP contribution is -2.23. The molecule has 7 nitrogen and oxygen atoms in total. The van der Waals surface area contributed by atoms with Crippen molar-refractivity contribution < 1.29 is 4.74 Å². The summed E-state index contributed by atoms with van der Waals surface area (Å²) in [7, 11) is 2.11. The second-order valence-electron chi connectivity index (χ2n) is 6.94. The molecule has 0 amide bonds. The van der Waals surface area contributed by atoms with Gasteiger partial charge in [0.05, 0.1) is 6.20 Å². The van der Waals surface area contributed by atoms with E-state index in [-0.39, 0.29) is 11.5 Å². The maximum atomic E-state index is 12.4. The molecule has 124 valence electrons. The molecule has 2 unspecified atom stereocenters. The number of ether oxygens (including phenoxy) is 1. The highest BCUT2D eigenvalue weighted by Crippen LogP contribution is 2.30. The standard InChI is InChI=1S/C16H23N5O2/c1-10-8-20(2)9-12(10)14-18-16(22)13-7-17-15(21(13)19-14)11-3-5-23-6-4-11/h7,10-12H,3-6,8-9H2,1-2H3,(H,18,19,22). The largest absolute Gasteiger partial charge is 0.381 e. The smallest absolute Gasteiger partial charge is 0.276 e. The van der Waals surface area contributed by atoms with Crippen molar-refractivity contribution in [1.29, 1.82) is 0 Å². The van der Waals surface area contributed by atoms with Gasteiger partial charge in [-0.3, -0.25) is 4.79 Å². The number of nitrogens with one attached hydrogen (secondary N) is 1. The third-order valence-corrected chi connectivity index (χ3v) is 5.18. The number of aromatic amines is 1. The van der Waals surface area contributed by atoms with Crippen LogP contribution in [0.4, 0.5) is 0 Å². The van der Waals surface area contributed by atoms with E-state index < -0.39 is 0 Å². The zero-order chi connectivity index (χ0) is 16.0. The molecule has 0 aliphatic carbocycles. The summed E-state index contributed by atoms with van der Waals surface area (Å²) < 4.78 is 7.21. The third kappa shape index (κ3) is 2.57. The number of fused-ring (bicyclic) bond motifs is 1.